The molecule has 1 aromatic heterocycles. The van der Waals surface area contributed by atoms with Gasteiger partial charge in [0, 0.05) is 4.47 Å². The highest BCUT2D eigenvalue weighted by molar-refractivity contribution is 9.10. The third-order valence-corrected chi connectivity index (χ3v) is 3.12. The second kappa shape index (κ2) is 4.97. The molecule has 2 rings (SSSR count). The lowest BCUT2D eigenvalue weighted by Crippen LogP contribution is -2.05. The second-order valence-corrected chi connectivity index (χ2v) is 4.97. The fourth-order valence-corrected chi connectivity index (χ4v) is 1.98. The Labute approximate surface area is 114 Å². The molecule has 17 heavy (non-hydrogen) atoms. The van der Waals surface area contributed by atoms with Crippen LogP contribution < -0.4 is 0 Å². The smallest absolute Gasteiger partial charge is 0.359 e. The fraction of sp³-hybridized carbons (Fsp3) is 0.100. The topological polar surface area (TPSA) is 68.0 Å². The van der Waals surface area contributed by atoms with E-state index >= 15 is 0 Å². The van der Waals surface area contributed by atoms with Crippen molar-refractivity contribution in [3.05, 3.63) is 44.6 Å². The number of rotatable bonds is 3. The van der Waals surface area contributed by atoms with E-state index in [0.29, 0.717) is 6.54 Å². The number of carboxylic acid groups (broad SMARTS) is 1. The van der Waals surface area contributed by atoms with Crippen molar-refractivity contribution in [1.82, 2.24) is 15.0 Å². The highest BCUT2D eigenvalue weighted by Crippen LogP contribution is 2.14. The molecule has 2 aromatic rings. The summed E-state index contributed by atoms with van der Waals surface area (Å²) in [5.74, 6) is -1.10. The van der Waals surface area contributed by atoms with Crippen LogP contribution in [0.25, 0.3) is 0 Å². The third-order valence-electron chi connectivity index (χ3n) is 2.05. The summed E-state index contributed by atoms with van der Waals surface area (Å²) in [6.07, 6.45) is 0. The first-order chi connectivity index (χ1) is 8.06. The molecule has 88 valence electrons. The van der Waals surface area contributed by atoms with Crippen LogP contribution in [-0.4, -0.2) is 26.1 Å². The number of carboxylic acids is 1. The van der Waals surface area contributed by atoms with Crippen molar-refractivity contribution in [3.63, 3.8) is 0 Å². The van der Waals surface area contributed by atoms with E-state index in [4.69, 9.17) is 5.11 Å². The molecule has 0 aliphatic heterocycles. The maximum absolute atomic E-state index is 10.8. The molecule has 1 N–H and O–H groups in total. The highest BCUT2D eigenvalue weighted by atomic mass is 79.9. The van der Waals surface area contributed by atoms with Gasteiger partial charge in [0.15, 0.2) is 4.60 Å². The summed E-state index contributed by atoms with van der Waals surface area (Å²) in [7, 11) is 0. The number of hydrogen-bond acceptors (Lipinski definition) is 3. The van der Waals surface area contributed by atoms with Crippen molar-refractivity contribution >= 4 is 37.8 Å². The SMILES string of the molecule is O=C(O)c1nn(Cc2ccc(Br)cc2)nc1Br. The lowest BCUT2D eigenvalue weighted by atomic mass is 10.2. The van der Waals surface area contributed by atoms with E-state index in [1.54, 1.807) is 0 Å². The number of nitrogens with zero attached hydrogens (tertiary/aromatic N) is 3. The van der Waals surface area contributed by atoms with Crippen LogP contribution in [0.1, 0.15) is 16.1 Å². The average molecular weight is 361 g/mol. The number of hydrogen-bond donors (Lipinski definition) is 1. The van der Waals surface area contributed by atoms with E-state index < -0.39 is 5.97 Å². The maximum Gasteiger partial charge on any atom is 0.359 e. The van der Waals surface area contributed by atoms with Gasteiger partial charge < -0.3 is 5.11 Å². The summed E-state index contributed by atoms with van der Waals surface area (Å²) >= 11 is 6.40. The third kappa shape index (κ3) is 2.92. The number of carbonyl (C=O) groups is 1. The molecule has 0 saturated heterocycles. The first kappa shape index (κ1) is 12.3. The molecule has 0 aliphatic rings. The molecule has 0 aliphatic carbocycles. The Bertz CT molecular complexity index is 551. The molecule has 0 radical (unpaired) electrons. The van der Waals surface area contributed by atoms with Crippen molar-refractivity contribution < 1.29 is 9.90 Å². The minimum Gasteiger partial charge on any atom is -0.476 e. The zero-order valence-corrected chi connectivity index (χ0v) is 11.6. The summed E-state index contributed by atoms with van der Waals surface area (Å²) in [6, 6.07) is 7.65. The van der Waals surface area contributed by atoms with E-state index in [1.807, 2.05) is 24.3 Å². The predicted molar refractivity (Wildman–Crippen MR) is 67.9 cm³/mol. The van der Waals surface area contributed by atoms with Crippen LogP contribution in [0.4, 0.5) is 0 Å². The lowest BCUT2D eigenvalue weighted by Gasteiger charge is -1.99. The van der Waals surface area contributed by atoms with Crippen molar-refractivity contribution in [2.45, 2.75) is 6.54 Å². The molecule has 0 saturated carbocycles. The molecule has 0 unspecified atom stereocenters. The van der Waals surface area contributed by atoms with Crippen LogP contribution in [0, 0.1) is 0 Å². The predicted octanol–water partition coefficient (Wildman–Crippen LogP) is 2.55. The van der Waals surface area contributed by atoms with Crippen LogP contribution >= 0.6 is 31.9 Å². The normalized spacial score (nSPS) is 10.5. The molecule has 0 spiro atoms. The minimum absolute atomic E-state index is 0.0814. The molecule has 0 bridgehead atoms. The van der Waals surface area contributed by atoms with Crippen molar-refractivity contribution in [2.24, 2.45) is 0 Å². The molecule has 0 amide bonds. The van der Waals surface area contributed by atoms with Gasteiger partial charge in [0.05, 0.1) is 6.54 Å². The zero-order chi connectivity index (χ0) is 12.4. The van der Waals surface area contributed by atoms with Gasteiger partial charge in [-0.05, 0) is 33.6 Å². The molecule has 7 heteroatoms. The van der Waals surface area contributed by atoms with Crippen LogP contribution in [0.15, 0.2) is 33.3 Å². The number of benzene rings is 1. The van der Waals surface area contributed by atoms with E-state index in [1.165, 1.54) is 4.80 Å². The van der Waals surface area contributed by atoms with Crippen molar-refractivity contribution in [3.8, 4) is 0 Å². The molecule has 0 atom stereocenters. The number of halogens is 2. The molecule has 0 fully saturated rings. The summed E-state index contributed by atoms with van der Waals surface area (Å²) in [4.78, 5) is 12.1. The monoisotopic (exact) mass is 359 g/mol. The average Bonchev–Trinajstić information content (AvgIpc) is 2.63. The maximum atomic E-state index is 10.8. The van der Waals surface area contributed by atoms with Gasteiger partial charge in [-0.2, -0.15) is 4.80 Å². The summed E-state index contributed by atoms with van der Waals surface area (Å²) in [5.41, 5.74) is 0.912. The van der Waals surface area contributed by atoms with Gasteiger partial charge in [-0.1, -0.05) is 28.1 Å². The van der Waals surface area contributed by atoms with Gasteiger partial charge in [0.2, 0.25) is 5.69 Å². The van der Waals surface area contributed by atoms with Gasteiger partial charge in [-0.15, -0.1) is 10.2 Å². The van der Waals surface area contributed by atoms with Crippen LogP contribution in [0.3, 0.4) is 0 Å². The Morgan fingerprint density at radius 1 is 1.24 bits per heavy atom. The van der Waals surface area contributed by atoms with Crippen LogP contribution in [-0.2, 0) is 6.54 Å². The Morgan fingerprint density at radius 3 is 2.41 bits per heavy atom. The van der Waals surface area contributed by atoms with E-state index in [2.05, 4.69) is 42.1 Å². The van der Waals surface area contributed by atoms with E-state index in [9.17, 15) is 4.79 Å². The Morgan fingerprint density at radius 2 is 1.88 bits per heavy atom. The summed E-state index contributed by atoms with van der Waals surface area (Å²) in [5, 5.41) is 16.7. The van der Waals surface area contributed by atoms with E-state index in [0.717, 1.165) is 10.0 Å². The van der Waals surface area contributed by atoms with Gasteiger partial charge in [-0.3, -0.25) is 0 Å². The molecular formula is C10H7Br2N3O2. The highest BCUT2D eigenvalue weighted by Gasteiger charge is 2.15. The first-order valence-corrected chi connectivity index (χ1v) is 6.23. The Hall–Kier alpha value is -1.21. The second-order valence-electron chi connectivity index (χ2n) is 3.30. The fourth-order valence-electron chi connectivity index (χ4n) is 1.28. The zero-order valence-electron chi connectivity index (χ0n) is 8.47. The number of aromatic nitrogens is 3. The Balaban J connectivity index is 2.22. The number of aromatic carboxylic acids is 1. The molecule has 1 heterocycles. The Kier molecular flexibility index (Phi) is 3.58. The first-order valence-electron chi connectivity index (χ1n) is 4.64. The minimum atomic E-state index is -1.10. The summed E-state index contributed by atoms with van der Waals surface area (Å²) < 4.78 is 1.23. The van der Waals surface area contributed by atoms with Gasteiger partial charge in [-0.25, -0.2) is 4.79 Å². The van der Waals surface area contributed by atoms with Crippen LogP contribution in [0.2, 0.25) is 0 Å². The van der Waals surface area contributed by atoms with Gasteiger partial charge in [0.25, 0.3) is 0 Å². The molecular weight excluding hydrogens is 354 g/mol. The summed E-state index contributed by atoms with van der Waals surface area (Å²) in [6.45, 7) is 0.430. The van der Waals surface area contributed by atoms with Gasteiger partial charge in [0.1, 0.15) is 0 Å². The van der Waals surface area contributed by atoms with Crippen LogP contribution in [0.5, 0.6) is 0 Å². The van der Waals surface area contributed by atoms with Gasteiger partial charge >= 0.3 is 5.97 Å². The van der Waals surface area contributed by atoms with Crippen molar-refractivity contribution in [2.75, 3.05) is 0 Å². The van der Waals surface area contributed by atoms with Crippen molar-refractivity contribution in [1.29, 1.82) is 0 Å². The lowest BCUT2D eigenvalue weighted by molar-refractivity contribution is 0.0688. The molecule has 5 nitrogen and oxygen atoms in total. The van der Waals surface area contributed by atoms with E-state index in [-0.39, 0.29) is 10.3 Å². The standard InChI is InChI=1S/C10H7Br2N3O2/c11-7-3-1-6(2-4-7)5-15-13-8(10(16)17)9(12)14-15/h1-4H,5H2,(H,16,17). The molecule has 1 aromatic carbocycles. The quantitative estimate of drug-likeness (QED) is 0.913. The largest absolute Gasteiger partial charge is 0.476 e.